The first-order chi connectivity index (χ1) is 13.6. The van der Waals surface area contributed by atoms with Crippen LogP contribution in [0.15, 0.2) is 71.3 Å². The largest absolute Gasteiger partial charge is 0.462 e. The van der Waals surface area contributed by atoms with Gasteiger partial charge in [0.2, 0.25) is 0 Å². The van der Waals surface area contributed by atoms with Crippen molar-refractivity contribution in [3.05, 3.63) is 81.9 Å². The minimum Gasteiger partial charge on any atom is -0.462 e. The van der Waals surface area contributed by atoms with E-state index in [1.807, 2.05) is 59.0 Å². The van der Waals surface area contributed by atoms with Crippen LogP contribution in [0.3, 0.4) is 0 Å². The topological polar surface area (TPSA) is 43.6 Å². The molecular weight excluding hydrogens is 440 g/mol. The zero-order valence-corrected chi connectivity index (χ0v) is 17.4. The quantitative estimate of drug-likeness (QED) is 0.341. The number of halogens is 2. The number of pyridine rings is 1. The number of hydrogen-bond acceptors (Lipinski definition) is 3. The van der Waals surface area contributed by atoms with Gasteiger partial charge in [0.15, 0.2) is 0 Å². The number of aromatic nitrogens is 2. The van der Waals surface area contributed by atoms with Gasteiger partial charge in [-0.3, -0.25) is 4.40 Å². The van der Waals surface area contributed by atoms with Crippen LogP contribution in [0.5, 0.6) is 0 Å². The third-order valence-corrected chi connectivity index (χ3v) is 5.15. The molecule has 0 N–H and O–H groups in total. The molecule has 4 rings (SSSR count). The lowest BCUT2D eigenvalue weighted by molar-refractivity contribution is 0.0526. The Bertz CT molecular complexity index is 1150. The average Bonchev–Trinajstić information content (AvgIpc) is 3.08. The highest BCUT2D eigenvalue weighted by Gasteiger charge is 2.18. The van der Waals surface area contributed by atoms with Gasteiger partial charge in [0.1, 0.15) is 5.65 Å². The molecule has 0 bridgehead atoms. The van der Waals surface area contributed by atoms with E-state index in [1.165, 1.54) is 0 Å². The highest BCUT2D eigenvalue weighted by Crippen LogP contribution is 2.34. The SMILES string of the molecule is CCOC(=O)c1ccc2nc(-c3ccc(Cl)cc3)c(-c3ccc(Br)cc3)n2c1. The van der Waals surface area contributed by atoms with Gasteiger partial charge in [-0.2, -0.15) is 0 Å². The Balaban J connectivity index is 1.97. The zero-order valence-electron chi connectivity index (χ0n) is 15.0. The van der Waals surface area contributed by atoms with Gasteiger partial charge in [0.25, 0.3) is 0 Å². The Morgan fingerprint density at radius 2 is 1.71 bits per heavy atom. The zero-order chi connectivity index (χ0) is 19.7. The second kappa shape index (κ2) is 7.78. The first-order valence-electron chi connectivity index (χ1n) is 8.78. The van der Waals surface area contributed by atoms with E-state index in [2.05, 4.69) is 15.9 Å². The van der Waals surface area contributed by atoms with E-state index in [1.54, 1.807) is 19.2 Å². The molecule has 28 heavy (non-hydrogen) atoms. The van der Waals surface area contributed by atoms with Crippen molar-refractivity contribution >= 4 is 39.1 Å². The summed E-state index contributed by atoms with van der Waals surface area (Å²) < 4.78 is 8.07. The van der Waals surface area contributed by atoms with Crippen molar-refractivity contribution in [3.63, 3.8) is 0 Å². The van der Waals surface area contributed by atoms with Gasteiger partial charge in [-0.15, -0.1) is 0 Å². The lowest BCUT2D eigenvalue weighted by Crippen LogP contribution is -2.06. The molecule has 0 aliphatic carbocycles. The van der Waals surface area contributed by atoms with Crippen LogP contribution in [0.2, 0.25) is 5.02 Å². The van der Waals surface area contributed by atoms with Crippen molar-refractivity contribution in [2.24, 2.45) is 0 Å². The molecule has 4 aromatic rings. The maximum atomic E-state index is 12.2. The fourth-order valence-electron chi connectivity index (χ4n) is 3.07. The van der Waals surface area contributed by atoms with Crippen LogP contribution in [0, 0.1) is 0 Å². The maximum absolute atomic E-state index is 12.2. The molecule has 2 aromatic carbocycles. The predicted octanol–water partition coefficient (Wildman–Crippen LogP) is 6.26. The Kier molecular flexibility index (Phi) is 5.20. The lowest BCUT2D eigenvalue weighted by atomic mass is 10.0. The number of esters is 1. The molecule has 0 aliphatic rings. The molecule has 4 nitrogen and oxygen atoms in total. The number of hydrogen-bond donors (Lipinski definition) is 0. The molecule has 0 radical (unpaired) electrons. The summed E-state index contributed by atoms with van der Waals surface area (Å²) in [5.41, 5.74) is 4.88. The smallest absolute Gasteiger partial charge is 0.339 e. The van der Waals surface area contributed by atoms with E-state index >= 15 is 0 Å². The summed E-state index contributed by atoms with van der Waals surface area (Å²) in [6.07, 6.45) is 1.77. The molecule has 0 amide bonds. The van der Waals surface area contributed by atoms with E-state index in [4.69, 9.17) is 21.3 Å². The molecule has 2 aromatic heterocycles. The predicted molar refractivity (Wildman–Crippen MR) is 115 cm³/mol. The van der Waals surface area contributed by atoms with Gasteiger partial charge in [-0.1, -0.05) is 51.8 Å². The maximum Gasteiger partial charge on any atom is 0.339 e. The lowest BCUT2D eigenvalue weighted by Gasteiger charge is -2.08. The van der Waals surface area contributed by atoms with Gasteiger partial charge in [0.05, 0.1) is 23.6 Å². The van der Waals surface area contributed by atoms with Crippen LogP contribution in [0.4, 0.5) is 0 Å². The highest BCUT2D eigenvalue weighted by atomic mass is 79.9. The number of imidazole rings is 1. The summed E-state index contributed by atoms with van der Waals surface area (Å²) in [5, 5.41) is 0.669. The Morgan fingerprint density at radius 3 is 2.39 bits per heavy atom. The van der Waals surface area contributed by atoms with Gasteiger partial charge in [-0.05, 0) is 43.3 Å². The number of fused-ring (bicyclic) bond motifs is 1. The molecule has 0 atom stereocenters. The van der Waals surface area contributed by atoms with E-state index in [0.717, 1.165) is 32.6 Å². The summed E-state index contributed by atoms with van der Waals surface area (Å²) in [6, 6.07) is 19.1. The van der Waals surface area contributed by atoms with Crippen LogP contribution in [0.25, 0.3) is 28.2 Å². The summed E-state index contributed by atoms with van der Waals surface area (Å²) in [7, 11) is 0. The Morgan fingerprint density at radius 1 is 1.04 bits per heavy atom. The number of nitrogens with zero attached hydrogens (tertiary/aromatic N) is 2. The molecule has 140 valence electrons. The van der Waals surface area contributed by atoms with Crippen LogP contribution in [-0.2, 0) is 4.74 Å². The minimum atomic E-state index is -0.354. The molecule has 0 aliphatic heterocycles. The molecule has 0 fully saturated rings. The van der Waals surface area contributed by atoms with Crippen LogP contribution >= 0.6 is 27.5 Å². The fourth-order valence-corrected chi connectivity index (χ4v) is 3.46. The van der Waals surface area contributed by atoms with Crippen LogP contribution < -0.4 is 0 Å². The van der Waals surface area contributed by atoms with E-state index in [0.29, 0.717) is 17.2 Å². The van der Waals surface area contributed by atoms with Gasteiger partial charge in [0, 0.05) is 26.8 Å². The molecule has 0 unspecified atom stereocenters. The molecule has 0 spiro atoms. The molecule has 6 heteroatoms. The molecule has 0 saturated carbocycles. The number of benzene rings is 2. The molecule has 0 saturated heterocycles. The number of carbonyl (C=O) groups is 1. The third-order valence-electron chi connectivity index (χ3n) is 4.36. The number of rotatable bonds is 4. The summed E-state index contributed by atoms with van der Waals surface area (Å²) in [6.45, 7) is 2.12. The minimum absolute atomic E-state index is 0.330. The van der Waals surface area contributed by atoms with Crippen molar-refractivity contribution in [1.29, 1.82) is 0 Å². The summed E-state index contributed by atoms with van der Waals surface area (Å²) in [5.74, 6) is -0.354. The average molecular weight is 456 g/mol. The van der Waals surface area contributed by atoms with Crippen LogP contribution in [-0.4, -0.2) is 22.0 Å². The van der Waals surface area contributed by atoms with Gasteiger partial charge >= 0.3 is 5.97 Å². The van der Waals surface area contributed by atoms with Gasteiger partial charge < -0.3 is 4.74 Å². The standard InChI is InChI=1S/C22H16BrClN2O2/c1-2-28-22(27)16-7-12-19-25-20(14-5-10-18(24)11-6-14)21(26(19)13-16)15-3-8-17(23)9-4-15/h3-13H,2H2,1H3. The van der Waals surface area contributed by atoms with E-state index < -0.39 is 0 Å². The summed E-state index contributed by atoms with van der Waals surface area (Å²) in [4.78, 5) is 17.0. The van der Waals surface area contributed by atoms with Crippen molar-refractivity contribution in [1.82, 2.24) is 9.38 Å². The molecule has 2 heterocycles. The first-order valence-corrected chi connectivity index (χ1v) is 9.95. The summed E-state index contributed by atoms with van der Waals surface area (Å²) >= 11 is 9.53. The van der Waals surface area contributed by atoms with Crippen molar-refractivity contribution in [2.75, 3.05) is 6.61 Å². The van der Waals surface area contributed by atoms with Crippen molar-refractivity contribution in [3.8, 4) is 22.5 Å². The third kappa shape index (κ3) is 3.55. The van der Waals surface area contributed by atoms with E-state index in [-0.39, 0.29) is 5.97 Å². The first kappa shape index (κ1) is 18.7. The second-order valence-electron chi connectivity index (χ2n) is 6.19. The highest BCUT2D eigenvalue weighted by molar-refractivity contribution is 9.10. The van der Waals surface area contributed by atoms with Crippen molar-refractivity contribution < 1.29 is 9.53 Å². The van der Waals surface area contributed by atoms with Crippen molar-refractivity contribution in [2.45, 2.75) is 6.92 Å². The van der Waals surface area contributed by atoms with Gasteiger partial charge in [-0.25, -0.2) is 9.78 Å². The second-order valence-corrected chi connectivity index (χ2v) is 7.54. The Labute approximate surface area is 175 Å². The van der Waals surface area contributed by atoms with Crippen LogP contribution in [0.1, 0.15) is 17.3 Å². The van der Waals surface area contributed by atoms with E-state index in [9.17, 15) is 4.79 Å². The number of ether oxygens (including phenoxy) is 1. The normalized spacial score (nSPS) is 11.0. The fraction of sp³-hybridized carbons (Fsp3) is 0.0909. The monoisotopic (exact) mass is 454 g/mol. The number of carbonyl (C=O) groups excluding carboxylic acids is 1. The molecular formula is C22H16BrClN2O2. The Hall–Kier alpha value is -2.63.